The fourth-order valence-electron chi connectivity index (χ4n) is 2.28. The van der Waals surface area contributed by atoms with E-state index in [1.807, 2.05) is 32.0 Å². The Morgan fingerprint density at radius 2 is 1.64 bits per heavy atom. The van der Waals surface area contributed by atoms with E-state index >= 15 is 0 Å². The van der Waals surface area contributed by atoms with Gasteiger partial charge >= 0.3 is 0 Å². The largest absolute Gasteiger partial charge is 0.326 e. The first-order chi connectivity index (χ1) is 13.3. The van der Waals surface area contributed by atoms with Crippen LogP contribution in [0.1, 0.15) is 29.5 Å². The minimum absolute atomic E-state index is 0.00406. The molecule has 0 aliphatic rings. The van der Waals surface area contributed by atoms with Crippen LogP contribution in [0.15, 0.2) is 48.5 Å². The van der Waals surface area contributed by atoms with Gasteiger partial charge in [-0.15, -0.1) is 0 Å². The van der Waals surface area contributed by atoms with Crippen LogP contribution < -0.4 is 16.2 Å². The number of halogens is 1. The second-order valence-corrected chi connectivity index (χ2v) is 6.65. The van der Waals surface area contributed by atoms with Gasteiger partial charge in [0.15, 0.2) is 0 Å². The average Bonchev–Trinajstić information content (AvgIpc) is 2.67. The van der Waals surface area contributed by atoms with Crippen molar-refractivity contribution in [3.05, 3.63) is 70.3 Å². The molecular weight excluding hydrogens is 378 g/mol. The average molecular weight is 400 g/mol. The van der Waals surface area contributed by atoms with Crippen molar-refractivity contribution in [1.82, 2.24) is 10.9 Å². The third-order valence-electron chi connectivity index (χ3n) is 4.01. The van der Waals surface area contributed by atoms with Gasteiger partial charge in [-0.3, -0.25) is 25.2 Å². The van der Waals surface area contributed by atoms with Gasteiger partial charge in [0.1, 0.15) is 0 Å². The summed E-state index contributed by atoms with van der Waals surface area (Å²) in [4.78, 5) is 35.5. The molecule has 7 heteroatoms. The first-order valence-corrected chi connectivity index (χ1v) is 9.11. The van der Waals surface area contributed by atoms with Crippen LogP contribution in [-0.2, 0) is 14.4 Å². The molecule has 0 aliphatic heterocycles. The summed E-state index contributed by atoms with van der Waals surface area (Å²) >= 11 is 5.99. The molecule has 0 aromatic heterocycles. The molecule has 0 heterocycles. The molecule has 0 aliphatic carbocycles. The Morgan fingerprint density at radius 3 is 2.36 bits per heavy atom. The van der Waals surface area contributed by atoms with E-state index in [1.54, 1.807) is 30.3 Å². The number of amides is 3. The fourth-order valence-corrected chi connectivity index (χ4v) is 2.48. The Morgan fingerprint density at radius 1 is 0.929 bits per heavy atom. The lowest BCUT2D eigenvalue weighted by molar-refractivity contribution is -0.128. The van der Waals surface area contributed by atoms with Gasteiger partial charge in [0.25, 0.3) is 5.91 Å². The normalized spacial score (nSPS) is 10.5. The summed E-state index contributed by atoms with van der Waals surface area (Å²) in [6, 6.07) is 12.7. The summed E-state index contributed by atoms with van der Waals surface area (Å²) in [6.07, 6.45) is 2.75. The van der Waals surface area contributed by atoms with Gasteiger partial charge < -0.3 is 5.32 Å². The number of aryl methyl sites for hydroxylation is 2. The van der Waals surface area contributed by atoms with Crippen LogP contribution in [0.3, 0.4) is 0 Å². The van der Waals surface area contributed by atoms with Crippen molar-refractivity contribution in [2.24, 2.45) is 0 Å². The molecule has 3 amide bonds. The zero-order valence-corrected chi connectivity index (χ0v) is 16.5. The second-order valence-electron chi connectivity index (χ2n) is 6.24. The van der Waals surface area contributed by atoms with Gasteiger partial charge in [-0.2, -0.15) is 0 Å². The van der Waals surface area contributed by atoms with Crippen molar-refractivity contribution < 1.29 is 14.4 Å². The van der Waals surface area contributed by atoms with Gasteiger partial charge in [0.2, 0.25) is 11.8 Å². The molecule has 28 heavy (non-hydrogen) atoms. The van der Waals surface area contributed by atoms with Crippen molar-refractivity contribution in [3.8, 4) is 0 Å². The summed E-state index contributed by atoms with van der Waals surface area (Å²) < 4.78 is 0. The third-order valence-corrected chi connectivity index (χ3v) is 4.36. The lowest BCUT2D eigenvalue weighted by atomic mass is 10.1. The number of hydrogen-bond acceptors (Lipinski definition) is 3. The zero-order chi connectivity index (χ0) is 20.5. The molecule has 0 bridgehead atoms. The van der Waals surface area contributed by atoms with E-state index in [1.165, 1.54) is 6.08 Å². The van der Waals surface area contributed by atoms with E-state index in [-0.39, 0.29) is 18.7 Å². The minimum Gasteiger partial charge on any atom is -0.326 e. The maximum absolute atomic E-state index is 11.9. The Bertz CT molecular complexity index is 910. The molecule has 0 fully saturated rings. The molecule has 0 spiro atoms. The van der Waals surface area contributed by atoms with E-state index in [0.29, 0.717) is 16.3 Å². The highest BCUT2D eigenvalue weighted by Crippen LogP contribution is 2.16. The van der Waals surface area contributed by atoms with Crippen LogP contribution in [0.25, 0.3) is 6.08 Å². The summed E-state index contributed by atoms with van der Waals surface area (Å²) in [5, 5.41) is 3.26. The number of anilines is 1. The van der Waals surface area contributed by atoms with Crippen LogP contribution in [0.5, 0.6) is 0 Å². The molecule has 2 aromatic rings. The zero-order valence-electron chi connectivity index (χ0n) is 15.7. The van der Waals surface area contributed by atoms with E-state index < -0.39 is 11.8 Å². The van der Waals surface area contributed by atoms with Crippen LogP contribution >= 0.6 is 11.6 Å². The quantitative estimate of drug-likeness (QED) is 0.513. The number of nitrogens with one attached hydrogen (secondary N) is 3. The van der Waals surface area contributed by atoms with Crippen molar-refractivity contribution in [2.45, 2.75) is 26.7 Å². The fraction of sp³-hybridized carbons (Fsp3) is 0.190. The number of hydrazine groups is 1. The highest BCUT2D eigenvalue weighted by molar-refractivity contribution is 6.32. The Labute approximate surface area is 168 Å². The van der Waals surface area contributed by atoms with Gasteiger partial charge in [0, 0.05) is 29.6 Å². The molecule has 0 radical (unpaired) electrons. The van der Waals surface area contributed by atoms with E-state index in [4.69, 9.17) is 11.6 Å². The lowest BCUT2D eigenvalue weighted by Gasteiger charge is -2.08. The maximum atomic E-state index is 11.9. The maximum Gasteiger partial charge on any atom is 0.262 e. The van der Waals surface area contributed by atoms with Crippen LogP contribution in [0.4, 0.5) is 5.69 Å². The van der Waals surface area contributed by atoms with Gasteiger partial charge in [-0.1, -0.05) is 35.9 Å². The van der Waals surface area contributed by atoms with E-state index in [9.17, 15) is 14.4 Å². The number of hydrogen-bond donors (Lipinski definition) is 3. The molecule has 0 unspecified atom stereocenters. The lowest BCUT2D eigenvalue weighted by Crippen LogP contribution is -2.41. The topological polar surface area (TPSA) is 87.3 Å². The van der Waals surface area contributed by atoms with Crippen molar-refractivity contribution in [1.29, 1.82) is 0 Å². The predicted octanol–water partition coefficient (Wildman–Crippen LogP) is 3.54. The summed E-state index contributed by atoms with van der Waals surface area (Å²) in [5.74, 6) is -1.24. The number of rotatable bonds is 6. The second kappa shape index (κ2) is 10.3. The summed E-state index contributed by atoms with van der Waals surface area (Å²) in [7, 11) is 0. The van der Waals surface area contributed by atoms with Crippen LogP contribution in [0, 0.1) is 13.8 Å². The minimum atomic E-state index is -0.507. The first kappa shape index (κ1) is 21.2. The molecule has 0 atom stereocenters. The van der Waals surface area contributed by atoms with Crippen LogP contribution in [-0.4, -0.2) is 17.7 Å². The first-order valence-electron chi connectivity index (χ1n) is 8.73. The van der Waals surface area contributed by atoms with Crippen molar-refractivity contribution in [3.63, 3.8) is 0 Å². The van der Waals surface area contributed by atoms with Crippen molar-refractivity contribution >= 4 is 41.1 Å². The molecule has 146 valence electrons. The van der Waals surface area contributed by atoms with Gasteiger partial charge in [-0.05, 0) is 54.8 Å². The predicted molar refractivity (Wildman–Crippen MR) is 111 cm³/mol. The molecule has 2 rings (SSSR count). The van der Waals surface area contributed by atoms with Crippen LogP contribution in [0.2, 0.25) is 5.02 Å². The summed E-state index contributed by atoms with van der Waals surface area (Å²) in [5.41, 5.74) is 8.11. The van der Waals surface area contributed by atoms with E-state index in [0.717, 1.165) is 11.1 Å². The molecule has 0 saturated carbocycles. The number of benzene rings is 2. The van der Waals surface area contributed by atoms with Crippen molar-refractivity contribution in [2.75, 3.05) is 5.32 Å². The van der Waals surface area contributed by atoms with Gasteiger partial charge in [-0.25, -0.2) is 0 Å². The highest BCUT2D eigenvalue weighted by atomic mass is 35.5. The smallest absolute Gasteiger partial charge is 0.262 e. The standard InChI is InChI=1S/C21H22ClN3O3/c1-14-7-9-17(13-15(14)2)23-19(26)11-12-21(28)25-24-20(27)10-8-16-5-3-4-6-18(16)22/h3-10,13H,11-12H2,1-2H3,(H,23,26)(H,24,27)(H,25,28)/b10-8+. The SMILES string of the molecule is Cc1ccc(NC(=O)CCC(=O)NNC(=O)/C=C/c2ccccc2Cl)cc1C. The van der Waals surface area contributed by atoms with E-state index in [2.05, 4.69) is 16.2 Å². The Kier molecular flexibility index (Phi) is 7.77. The molecule has 2 aromatic carbocycles. The Hall–Kier alpha value is -3.12. The highest BCUT2D eigenvalue weighted by Gasteiger charge is 2.08. The molecule has 6 nitrogen and oxygen atoms in total. The third kappa shape index (κ3) is 6.89. The summed E-state index contributed by atoms with van der Waals surface area (Å²) in [6.45, 7) is 3.95. The monoisotopic (exact) mass is 399 g/mol. The molecule has 0 saturated heterocycles. The number of carbonyl (C=O) groups excluding carboxylic acids is 3. The molecular formula is C21H22ClN3O3. The molecule has 3 N–H and O–H groups in total. The van der Waals surface area contributed by atoms with Gasteiger partial charge in [0.05, 0.1) is 0 Å². The number of carbonyl (C=O) groups is 3. The Balaban J connectivity index is 1.71.